The van der Waals surface area contributed by atoms with Crippen molar-refractivity contribution in [3.8, 4) is 0 Å². The van der Waals surface area contributed by atoms with Crippen molar-refractivity contribution in [3.05, 3.63) is 0 Å². The van der Waals surface area contributed by atoms with Crippen molar-refractivity contribution in [2.45, 2.75) is 38.8 Å². The molecule has 2 nitrogen and oxygen atoms in total. The third-order valence-corrected chi connectivity index (χ3v) is 2.75. The maximum Gasteiger partial charge on any atom is 0.00794 e. The Morgan fingerprint density at radius 1 is 0.900 bits per heavy atom. The van der Waals surface area contributed by atoms with E-state index in [2.05, 4.69) is 13.8 Å². The van der Waals surface area contributed by atoms with Crippen molar-refractivity contribution in [2.24, 2.45) is 23.3 Å². The van der Waals surface area contributed by atoms with E-state index in [-0.39, 0.29) is 0 Å². The number of rotatable bonds is 0. The van der Waals surface area contributed by atoms with E-state index in [0.29, 0.717) is 23.9 Å². The van der Waals surface area contributed by atoms with Crippen LogP contribution in [0.1, 0.15) is 26.7 Å². The van der Waals surface area contributed by atoms with E-state index in [0.717, 1.165) is 6.42 Å². The topological polar surface area (TPSA) is 52.0 Å². The normalized spacial score (nSPS) is 49.2. The molecule has 0 saturated heterocycles. The Balaban J connectivity index is 2.46. The summed E-state index contributed by atoms with van der Waals surface area (Å²) in [5.41, 5.74) is 11.7. The Kier molecular flexibility index (Phi) is 2.32. The highest BCUT2D eigenvalue weighted by Crippen LogP contribution is 2.26. The molecular formula is C8H18N2. The van der Waals surface area contributed by atoms with Crippen molar-refractivity contribution in [1.82, 2.24) is 0 Å². The van der Waals surface area contributed by atoms with E-state index in [1.807, 2.05) is 0 Å². The second-order valence-electron chi connectivity index (χ2n) is 3.75. The van der Waals surface area contributed by atoms with Crippen LogP contribution in [0.4, 0.5) is 0 Å². The first kappa shape index (κ1) is 8.02. The van der Waals surface area contributed by atoms with E-state index in [9.17, 15) is 0 Å². The summed E-state index contributed by atoms with van der Waals surface area (Å²) in [6, 6.07) is 0.678. The first-order valence-corrected chi connectivity index (χ1v) is 4.12. The zero-order valence-electron chi connectivity index (χ0n) is 6.88. The van der Waals surface area contributed by atoms with E-state index >= 15 is 0 Å². The highest BCUT2D eigenvalue weighted by atomic mass is 14.7. The molecule has 1 fully saturated rings. The average Bonchev–Trinajstić information content (AvgIpc) is 1.84. The zero-order valence-corrected chi connectivity index (χ0v) is 6.88. The molecule has 0 aromatic rings. The van der Waals surface area contributed by atoms with Gasteiger partial charge >= 0.3 is 0 Å². The Morgan fingerprint density at radius 3 is 1.60 bits per heavy atom. The second-order valence-corrected chi connectivity index (χ2v) is 3.75. The Bertz CT molecular complexity index is 87.8. The first-order valence-electron chi connectivity index (χ1n) is 4.12. The summed E-state index contributed by atoms with van der Waals surface area (Å²) >= 11 is 0. The molecule has 2 heteroatoms. The summed E-state index contributed by atoms with van der Waals surface area (Å²) in [7, 11) is 0. The molecule has 4 atom stereocenters. The van der Waals surface area contributed by atoms with Gasteiger partial charge in [-0.05, 0) is 24.7 Å². The van der Waals surface area contributed by atoms with Gasteiger partial charge in [-0.1, -0.05) is 13.8 Å². The molecule has 1 saturated carbocycles. The maximum absolute atomic E-state index is 5.85. The molecular weight excluding hydrogens is 124 g/mol. The third-order valence-electron chi connectivity index (χ3n) is 2.75. The predicted octanol–water partition coefficient (Wildman–Crippen LogP) is 0.707. The molecule has 0 aromatic heterocycles. The van der Waals surface area contributed by atoms with Crippen molar-refractivity contribution in [3.63, 3.8) is 0 Å². The van der Waals surface area contributed by atoms with Crippen LogP contribution in [0.5, 0.6) is 0 Å². The molecule has 1 aliphatic rings. The zero-order chi connectivity index (χ0) is 7.72. The molecule has 0 amide bonds. The molecule has 1 rings (SSSR count). The summed E-state index contributed by atoms with van der Waals surface area (Å²) < 4.78 is 0. The van der Waals surface area contributed by atoms with Gasteiger partial charge in [-0.25, -0.2) is 0 Å². The molecule has 0 bridgehead atoms. The molecule has 0 aromatic carbocycles. The lowest BCUT2D eigenvalue weighted by atomic mass is 9.77. The highest BCUT2D eigenvalue weighted by molar-refractivity contribution is 4.85. The quantitative estimate of drug-likeness (QED) is 0.523. The summed E-state index contributed by atoms with van der Waals surface area (Å²) in [5.74, 6) is 1.32. The fourth-order valence-electron chi connectivity index (χ4n) is 1.71. The number of nitrogens with two attached hydrogens (primary N) is 2. The van der Waals surface area contributed by atoms with Gasteiger partial charge in [0.1, 0.15) is 0 Å². The van der Waals surface area contributed by atoms with Gasteiger partial charge in [-0.15, -0.1) is 0 Å². The largest absolute Gasteiger partial charge is 0.327 e. The van der Waals surface area contributed by atoms with Crippen LogP contribution in [-0.2, 0) is 0 Å². The Hall–Kier alpha value is -0.0800. The Labute approximate surface area is 63.0 Å². The minimum absolute atomic E-state index is 0.339. The molecule has 60 valence electrons. The molecule has 10 heavy (non-hydrogen) atoms. The van der Waals surface area contributed by atoms with Gasteiger partial charge in [0, 0.05) is 12.1 Å². The first-order chi connectivity index (χ1) is 4.61. The lowest BCUT2D eigenvalue weighted by Gasteiger charge is -2.34. The minimum atomic E-state index is 0.339. The fraction of sp³-hybridized carbons (Fsp3) is 1.00. The molecule has 0 spiro atoms. The van der Waals surface area contributed by atoms with Crippen LogP contribution in [0.2, 0.25) is 0 Å². The van der Waals surface area contributed by atoms with Gasteiger partial charge in [0.15, 0.2) is 0 Å². The highest BCUT2D eigenvalue weighted by Gasteiger charge is 2.27. The number of hydrogen-bond donors (Lipinski definition) is 2. The standard InChI is InChI=1S/C8H18N2/c1-5-3-6(2)8(10)4-7(5)9/h5-8H,3-4,9-10H2,1-2H3. The average molecular weight is 142 g/mol. The fourth-order valence-corrected chi connectivity index (χ4v) is 1.71. The van der Waals surface area contributed by atoms with Crippen LogP contribution in [-0.4, -0.2) is 12.1 Å². The molecule has 0 radical (unpaired) electrons. The van der Waals surface area contributed by atoms with Crippen LogP contribution < -0.4 is 11.5 Å². The minimum Gasteiger partial charge on any atom is -0.327 e. The van der Waals surface area contributed by atoms with Crippen LogP contribution in [0.25, 0.3) is 0 Å². The van der Waals surface area contributed by atoms with Gasteiger partial charge in [-0.2, -0.15) is 0 Å². The summed E-state index contributed by atoms with van der Waals surface area (Å²) in [6.07, 6.45) is 2.20. The predicted molar refractivity (Wildman–Crippen MR) is 43.5 cm³/mol. The summed E-state index contributed by atoms with van der Waals surface area (Å²) in [5, 5.41) is 0. The van der Waals surface area contributed by atoms with Crippen molar-refractivity contribution in [2.75, 3.05) is 0 Å². The summed E-state index contributed by atoms with van der Waals surface area (Å²) in [4.78, 5) is 0. The van der Waals surface area contributed by atoms with Crippen molar-refractivity contribution in [1.29, 1.82) is 0 Å². The van der Waals surface area contributed by atoms with Crippen LogP contribution >= 0.6 is 0 Å². The molecule has 1 aliphatic carbocycles. The lowest BCUT2D eigenvalue weighted by Crippen LogP contribution is -2.45. The molecule has 0 heterocycles. The molecule has 0 aliphatic heterocycles. The van der Waals surface area contributed by atoms with Gasteiger partial charge in [0.25, 0.3) is 0 Å². The van der Waals surface area contributed by atoms with Crippen molar-refractivity contribution < 1.29 is 0 Å². The van der Waals surface area contributed by atoms with Crippen LogP contribution in [0, 0.1) is 11.8 Å². The van der Waals surface area contributed by atoms with Gasteiger partial charge in [0.05, 0.1) is 0 Å². The smallest absolute Gasteiger partial charge is 0.00794 e. The van der Waals surface area contributed by atoms with E-state index in [1.165, 1.54) is 6.42 Å². The lowest BCUT2D eigenvalue weighted by molar-refractivity contribution is 0.230. The van der Waals surface area contributed by atoms with Gasteiger partial charge in [0.2, 0.25) is 0 Å². The van der Waals surface area contributed by atoms with Crippen LogP contribution in [0.3, 0.4) is 0 Å². The molecule has 4 N–H and O–H groups in total. The Morgan fingerprint density at radius 2 is 1.30 bits per heavy atom. The van der Waals surface area contributed by atoms with E-state index in [1.54, 1.807) is 0 Å². The van der Waals surface area contributed by atoms with Gasteiger partial charge in [-0.3, -0.25) is 0 Å². The van der Waals surface area contributed by atoms with Gasteiger partial charge < -0.3 is 11.5 Å². The SMILES string of the molecule is CC1CC(C)C(N)CC1N. The van der Waals surface area contributed by atoms with E-state index < -0.39 is 0 Å². The van der Waals surface area contributed by atoms with Crippen molar-refractivity contribution >= 4 is 0 Å². The van der Waals surface area contributed by atoms with Crippen LogP contribution in [0.15, 0.2) is 0 Å². The maximum atomic E-state index is 5.85. The monoisotopic (exact) mass is 142 g/mol. The second kappa shape index (κ2) is 2.89. The number of hydrogen-bond acceptors (Lipinski definition) is 2. The van der Waals surface area contributed by atoms with E-state index in [4.69, 9.17) is 11.5 Å². The third kappa shape index (κ3) is 1.50. The molecule has 4 unspecified atom stereocenters. The summed E-state index contributed by atoms with van der Waals surface area (Å²) in [6.45, 7) is 4.43.